The first-order valence-electron chi connectivity index (χ1n) is 7.87. The van der Waals surface area contributed by atoms with Crippen LogP contribution in [-0.4, -0.2) is 11.9 Å². The lowest BCUT2D eigenvalue weighted by atomic mass is 9.69. The summed E-state index contributed by atoms with van der Waals surface area (Å²) in [4.78, 5) is 12.4. The Balaban J connectivity index is 1.65. The smallest absolute Gasteiger partial charge is 0.224 e. The molecule has 0 aliphatic heterocycles. The highest BCUT2D eigenvalue weighted by atomic mass is 79.9. The predicted molar refractivity (Wildman–Crippen MR) is 89.0 cm³/mol. The molecule has 21 heavy (non-hydrogen) atoms. The average Bonchev–Trinajstić information content (AvgIpc) is 2.74. The number of fused-ring (bicyclic) bond motifs is 2. The zero-order chi connectivity index (χ0) is 15.3. The van der Waals surface area contributed by atoms with E-state index in [1.807, 2.05) is 24.3 Å². The summed E-state index contributed by atoms with van der Waals surface area (Å²) >= 11 is 3.42. The maximum atomic E-state index is 12.4. The highest BCUT2D eigenvalue weighted by Gasteiger charge is 2.61. The van der Waals surface area contributed by atoms with Crippen LogP contribution in [0, 0.1) is 16.7 Å². The van der Waals surface area contributed by atoms with E-state index in [9.17, 15) is 4.79 Å². The van der Waals surface area contributed by atoms with Gasteiger partial charge in [0.25, 0.3) is 0 Å². The van der Waals surface area contributed by atoms with Gasteiger partial charge in [-0.15, -0.1) is 0 Å². The van der Waals surface area contributed by atoms with Crippen LogP contribution in [0.4, 0.5) is 0 Å². The molecule has 0 radical (unpaired) electrons. The van der Waals surface area contributed by atoms with Gasteiger partial charge >= 0.3 is 0 Å². The van der Waals surface area contributed by atoms with Gasteiger partial charge in [0.15, 0.2) is 0 Å². The largest absolute Gasteiger partial charge is 0.353 e. The highest BCUT2D eigenvalue weighted by Crippen LogP contribution is 2.65. The zero-order valence-electron chi connectivity index (χ0n) is 13.1. The van der Waals surface area contributed by atoms with E-state index in [2.05, 4.69) is 42.0 Å². The molecule has 1 amide bonds. The number of nitrogens with one attached hydrogen (secondary N) is 1. The quantitative estimate of drug-likeness (QED) is 0.864. The SMILES string of the molecule is CC1(C)C2CCC1(C)C(NC(=O)Cc1ccc(Br)cc1)C2. The van der Waals surface area contributed by atoms with Crippen LogP contribution in [0.2, 0.25) is 0 Å². The van der Waals surface area contributed by atoms with Gasteiger partial charge in [-0.25, -0.2) is 0 Å². The summed E-state index contributed by atoms with van der Waals surface area (Å²) in [7, 11) is 0. The van der Waals surface area contributed by atoms with Gasteiger partial charge in [-0.2, -0.15) is 0 Å². The minimum atomic E-state index is 0.159. The molecule has 1 aromatic rings. The molecule has 2 aliphatic rings. The maximum Gasteiger partial charge on any atom is 0.224 e. The topological polar surface area (TPSA) is 29.1 Å². The lowest BCUT2D eigenvalue weighted by molar-refractivity contribution is -0.122. The minimum Gasteiger partial charge on any atom is -0.353 e. The molecule has 2 fully saturated rings. The molecule has 2 bridgehead atoms. The van der Waals surface area contributed by atoms with Crippen molar-refractivity contribution >= 4 is 21.8 Å². The molecule has 3 heteroatoms. The van der Waals surface area contributed by atoms with Crippen molar-refractivity contribution in [2.24, 2.45) is 16.7 Å². The fourth-order valence-electron chi connectivity index (χ4n) is 4.46. The summed E-state index contributed by atoms with van der Waals surface area (Å²) < 4.78 is 1.05. The molecule has 3 atom stereocenters. The Bertz CT molecular complexity index is 551. The van der Waals surface area contributed by atoms with Crippen LogP contribution in [0.1, 0.15) is 45.6 Å². The van der Waals surface area contributed by atoms with E-state index in [1.165, 1.54) is 12.8 Å². The third kappa shape index (κ3) is 2.44. The maximum absolute atomic E-state index is 12.4. The second-order valence-electron chi connectivity index (χ2n) is 7.53. The van der Waals surface area contributed by atoms with E-state index in [0.29, 0.717) is 17.9 Å². The van der Waals surface area contributed by atoms with Crippen molar-refractivity contribution in [3.63, 3.8) is 0 Å². The van der Waals surface area contributed by atoms with Crippen LogP contribution < -0.4 is 5.32 Å². The summed E-state index contributed by atoms with van der Waals surface area (Å²) in [5.41, 5.74) is 1.68. The van der Waals surface area contributed by atoms with E-state index in [4.69, 9.17) is 0 Å². The highest BCUT2D eigenvalue weighted by molar-refractivity contribution is 9.10. The van der Waals surface area contributed by atoms with Crippen molar-refractivity contribution in [2.45, 2.75) is 52.5 Å². The van der Waals surface area contributed by atoms with Gasteiger partial charge in [0.2, 0.25) is 5.91 Å². The van der Waals surface area contributed by atoms with Gasteiger partial charge in [-0.3, -0.25) is 4.79 Å². The van der Waals surface area contributed by atoms with Crippen LogP contribution in [0.15, 0.2) is 28.7 Å². The fraction of sp³-hybridized carbons (Fsp3) is 0.611. The van der Waals surface area contributed by atoms with E-state index in [0.717, 1.165) is 22.4 Å². The first-order valence-corrected chi connectivity index (χ1v) is 8.66. The van der Waals surface area contributed by atoms with Gasteiger partial charge < -0.3 is 5.32 Å². The molecule has 2 saturated carbocycles. The summed E-state index contributed by atoms with van der Waals surface area (Å²) in [5, 5.41) is 3.32. The normalized spacial score (nSPS) is 33.1. The molecule has 114 valence electrons. The van der Waals surface area contributed by atoms with Crippen molar-refractivity contribution in [3.05, 3.63) is 34.3 Å². The van der Waals surface area contributed by atoms with Crippen LogP contribution in [0.5, 0.6) is 0 Å². The van der Waals surface area contributed by atoms with Crippen LogP contribution in [0.25, 0.3) is 0 Å². The van der Waals surface area contributed by atoms with Crippen LogP contribution in [0.3, 0.4) is 0 Å². The van der Waals surface area contributed by atoms with E-state index in [-0.39, 0.29) is 11.3 Å². The molecule has 0 heterocycles. The molecule has 2 nitrogen and oxygen atoms in total. The minimum absolute atomic E-state index is 0.159. The van der Waals surface area contributed by atoms with Crippen molar-refractivity contribution in [3.8, 4) is 0 Å². The summed E-state index contributed by atoms with van der Waals surface area (Å²) in [6.07, 6.45) is 4.19. The molecule has 0 aromatic heterocycles. The van der Waals surface area contributed by atoms with Crippen LogP contribution in [-0.2, 0) is 11.2 Å². The Labute approximate surface area is 135 Å². The summed E-state index contributed by atoms with van der Waals surface area (Å²) in [5.74, 6) is 0.923. The number of carbonyl (C=O) groups is 1. The Hall–Kier alpha value is -0.830. The van der Waals surface area contributed by atoms with E-state index < -0.39 is 0 Å². The molecule has 1 aromatic carbocycles. The van der Waals surface area contributed by atoms with Gasteiger partial charge in [-0.05, 0) is 53.7 Å². The third-order valence-corrected chi connectivity index (χ3v) is 6.94. The molecule has 3 rings (SSSR count). The van der Waals surface area contributed by atoms with Gasteiger partial charge in [-0.1, -0.05) is 48.8 Å². The first-order chi connectivity index (χ1) is 9.83. The monoisotopic (exact) mass is 349 g/mol. The number of halogens is 1. The molecule has 3 unspecified atom stereocenters. The van der Waals surface area contributed by atoms with Crippen molar-refractivity contribution in [2.75, 3.05) is 0 Å². The van der Waals surface area contributed by atoms with Crippen molar-refractivity contribution < 1.29 is 4.79 Å². The van der Waals surface area contributed by atoms with Gasteiger partial charge in [0, 0.05) is 10.5 Å². The predicted octanol–water partition coefficient (Wildman–Crippen LogP) is 4.32. The number of hydrogen-bond donors (Lipinski definition) is 1. The Morgan fingerprint density at radius 2 is 1.95 bits per heavy atom. The number of amides is 1. The van der Waals surface area contributed by atoms with Crippen LogP contribution >= 0.6 is 15.9 Å². The third-order valence-electron chi connectivity index (χ3n) is 6.41. The number of hydrogen-bond acceptors (Lipinski definition) is 1. The van der Waals surface area contributed by atoms with Gasteiger partial charge in [0.05, 0.1) is 6.42 Å². The molecule has 1 N–H and O–H groups in total. The zero-order valence-corrected chi connectivity index (χ0v) is 14.7. The van der Waals surface area contributed by atoms with Gasteiger partial charge in [0.1, 0.15) is 0 Å². The molecule has 0 saturated heterocycles. The number of carbonyl (C=O) groups excluding carboxylic acids is 1. The number of benzene rings is 1. The second kappa shape index (κ2) is 5.12. The van der Waals surface area contributed by atoms with Crippen molar-refractivity contribution in [1.82, 2.24) is 5.32 Å². The Kier molecular flexibility index (Phi) is 3.67. The number of rotatable bonds is 3. The first kappa shape index (κ1) is 15.1. The second-order valence-corrected chi connectivity index (χ2v) is 8.45. The van der Waals surface area contributed by atoms with E-state index in [1.54, 1.807) is 0 Å². The molecular weight excluding hydrogens is 326 g/mol. The summed E-state index contributed by atoms with van der Waals surface area (Å²) in [6.45, 7) is 7.13. The standard InChI is InChI=1S/C18H24BrNO/c1-17(2)13-8-9-18(17,3)15(11-13)20-16(21)10-12-4-6-14(19)7-5-12/h4-7,13,15H,8-11H2,1-3H3,(H,20,21). The Morgan fingerprint density at radius 3 is 2.48 bits per heavy atom. The summed E-state index contributed by atoms with van der Waals surface area (Å²) in [6, 6.07) is 8.34. The molecular formula is C18H24BrNO. The lowest BCUT2D eigenvalue weighted by Crippen LogP contribution is -2.47. The molecule has 2 aliphatic carbocycles. The average molecular weight is 350 g/mol. The molecule has 0 spiro atoms. The lowest BCUT2D eigenvalue weighted by Gasteiger charge is -2.39. The van der Waals surface area contributed by atoms with E-state index >= 15 is 0 Å². The van der Waals surface area contributed by atoms with Crippen molar-refractivity contribution in [1.29, 1.82) is 0 Å². The Morgan fingerprint density at radius 1 is 1.29 bits per heavy atom. The fourth-order valence-corrected chi connectivity index (χ4v) is 4.72.